The molecule has 0 radical (unpaired) electrons. The highest BCUT2D eigenvalue weighted by Crippen LogP contribution is 2.21. The molecule has 0 spiro atoms. The van der Waals surface area contributed by atoms with E-state index in [2.05, 4.69) is 41.2 Å². The summed E-state index contributed by atoms with van der Waals surface area (Å²) in [6.45, 7) is 8.42. The number of aromatic nitrogens is 2. The third-order valence-electron chi connectivity index (χ3n) is 5.49. The number of anilines is 1. The van der Waals surface area contributed by atoms with Crippen LogP contribution in [0.5, 0.6) is 0 Å². The van der Waals surface area contributed by atoms with Crippen molar-refractivity contribution in [2.45, 2.75) is 20.4 Å². The maximum atomic E-state index is 12.4. The van der Waals surface area contributed by atoms with E-state index in [-0.39, 0.29) is 5.91 Å². The fourth-order valence-electron chi connectivity index (χ4n) is 3.68. The maximum absolute atomic E-state index is 12.4. The summed E-state index contributed by atoms with van der Waals surface area (Å²) < 4.78 is 6.50. The van der Waals surface area contributed by atoms with Gasteiger partial charge in [-0.15, -0.1) is 0 Å². The van der Waals surface area contributed by atoms with Gasteiger partial charge in [-0.05, 0) is 43.2 Å². The topological polar surface area (TPSA) is 74.5 Å². The number of carbonyl (C=O) groups is 1. The second-order valence-electron chi connectivity index (χ2n) is 7.89. The lowest BCUT2D eigenvalue weighted by Gasteiger charge is -2.33. The molecule has 1 aliphatic heterocycles. The van der Waals surface area contributed by atoms with Gasteiger partial charge in [0.15, 0.2) is 0 Å². The standard InChI is InChI=1S/C23H26BrN5O2/c1-16-5-3-4-6-19(16)23-26-22(31-27-23)15-29-11-9-28(10-12-29)14-21(30)25-18-7-8-20(24)17(2)13-18/h3-8,13H,9-12,14-15H2,1-2H3,(H,25,30). The van der Waals surface area contributed by atoms with Crippen LogP contribution in [0.3, 0.4) is 0 Å². The molecule has 0 atom stereocenters. The molecule has 31 heavy (non-hydrogen) atoms. The Kier molecular flexibility index (Phi) is 6.80. The number of nitrogens with zero attached hydrogens (tertiary/aromatic N) is 4. The third-order valence-corrected chi connectivity index (χ3v) is 6.38. The van der Waals surface area contributed by atoms with Gasteiger partial charge in [0.25, 0.3) is 0 Å². The smallest absolute Gasteiger partial charge is 0.241 e. The number of amides is 1. The molecular formula is C23H26BrN5O2. The van der Waals surface area contributed by atoms with Crippen LogP contribution in [0, 0.1) is 13.8 Å². The van der Waals surface area contributed by atoms with Crippen LogP contribution in [-0.2, 0) is 11.3 Å². The summed E-state index contributed by atoms with van der Waals surface area (Å²) in [4.78, 5) is 21.4. The molecule has 1 amide bonds. The average molecular weight is 484 g/mol. The lowest BCUT2D eigenvalue weighted by Crippen LogP contribution is -2.48. The summed E-state index contributed by atoms with van der Waals surface area (Å²) in [5.41, 5.74) is 4.04. The minimum Gasteiger partial charge on any atom is -0.338 e. The molecule has 1 aliphatic rings. The zero-order valence-electron chi connectivity index (χ0n) is 17.8. The molecular weight excluding hydrogens is 458 g/mol. The molecule has 2 heterocycles. The predicted octanol–water partition coefficient (Wildman–Crippen LogP) is 3.87. The number of halogens is 1. The summed E-state index contributed by atoms with van der Waals surface area (Å²) in [5.74, 6) is 1.26. The van der Waals surface area contributed by atoms with Crippen LogP contribution >= 0.6 is 15.9 Å². The average Bonchev–Trinajstić information content (AvgIpc) is 3.21. The minimum atomic E-state index is 0.00921. The zero-order chi connectivity index (χ0) is 21.8. The lowest BCUT2D eigenvalue weighted by molar-refractivity contribution is -0.117. The Morgan fingerprint density at radius 1 is 1.06 bits per heavy atom. The van der Waals surface area contributed by atoms with Crippen molar-refractivity contribution < 1.29 is 9.32 Å². The van der Waals surface area contributed by atoms with Crippen LogP contribution in [0.1, 0.15) is 17.0 Å². The Morgan fingerprint density at radius 2 is 1.81 bits per heavy atom. The first kappa shape index (κ1) is 21.7. The van der Waals surface area contributed by atoms with Gasteiger partial charge < -0.3 is 9.84 Å². The Bertz CT molecular complexity index is 1060. The second kappa shape index (κ2) is 9.72. The van der Waals surface area contributed by atoms with Gasteiger partial charge in [0.1, 0.15) is 0 Å². The van der Waals surface area contributed by atoms with Gasteiger partial charge in [-0.25, -0.2) is 0 Å². The van der Waals surface area contributed by atoms with Gasteiger partial charge in [-0.2, -0.15) is 4.98 Å². The Morgan fingerprint density at radius 3 is 2.55 bits per heavy atom. The number of rotatable bonds is 6. The summed E-state index contributed by atoms with van der Waals surface area (Å²) in [5, 5.41) is 7.12. The van der Waals surface area contributed by atoms with Crippen molar-refractivity contribution in [2.75, 3.05) is 38.0 Å². The molecule has 0 aliphatic carbocycles. The quantitative estimate of drug-likeness (QED) is 0.573. The van der Waals surface area contributed by atoms with Gasteiger partial charge >= 0.3 is 0 Å². The van der Waals surface area contributed by atoms with Gasteiger partial charge in [-0.3, -0.25) is 14.6 Å². The fourth-order valence-corrected chi connectivity index (χ4v) is 3.92. The molecule has 7 nitrogen and oxygen atoms in total. The van der Waals surface area contributed by atoms with Gasteiger partial charge in [0.2, 0.25) is 17.6 Å². The molecule has 8 heteroatoms. The van der Waals surface area contributed by atoms with E-state index in [0.29, 0.717) is 24.8 Å². The molecule has 4 rings (SSSR count). The molecule has 0 saturated carbocycles. The summed E-state index contributed by atoms with van der Waals surface area (Å²) in [7, 11) is 0. The molecule has 0 bridgehead atoms. The van der Waals surface area contributed by atoms with E-state index in [1.54, 1.807) is 0 Å². The van der Waals surface area contributed by atoms with E-state index in [0.717, 1.165) is 53.0 Å². The van der Waals surface area contributed by atoms with E-state index in [1.165, 1.54) is 0 Å². The van der Waals surface area contributed by atoms with Crippen molar-refractivity contribution in [3.8, 4) is 11.4 Å². The summed E-state index contributed by atoms with van der Waals surface area (Å²) >= 11 is 3.48. The van der Waals surface area contributed by atoms with Crippen LogP contribution in [0.25, 0.3) is 11.4 Å². The predicted molar refractivity (Wildman–Crippen MR) is 124 cm³/mol. The zero-order valence-corrected chi connectivity index (χ0v) is 19.4. The number of hydrogen-bond donors (Lipinski definition) is 1. The van der Waals surface area contributed by atoms with Crippen LogP contribution in [0.2, 0.25) is 0 Å². The summed E-state index contributed by atoms with van der Waals surface area (Å²) in [6.07, 6.45) is 0. The van der Waals surface area contributed by atoms with Crippen molar-refractivity contribution >= 4 is 27.5 Å². The molecule has 0 unspecified atom stereocenters. The molecule has 1 fully saturated rings. The Hall–Kier alpha value is -2.55. The van der Waals surface area contributed by atoms with Crippen LogP contribution < -0.4 is 5.32 Å². The first-order valence-corrected chi connectivity index (χ1v) is 11.2. The monoisotopic (exact) mass is 483 g/mol. The fraction of sp³-hybridized carbons (Fsp3) is 0.348. The highest BCUT2D eigenvalue weighted by Gasteiger charge is 2.21. The number of piperazine rings is 1. The van der Waals surface area contributed by atoms with E-state index in [9.17, 15) is 4.79 Å². The SMILES string of the molecule is Cc1cc(NC(=O)CN2CCN(Cc3nc(-c4ccccc4C)no3)CC2)ccc1Br. The number of aryl methyl sites for hydroxylation is 2. The normalized spacial score (nSPS) is 15.2. The number of nitrogens with one attached hydrogen (secondary N) is 1. The van der Waals surface area contributed by atoms with Crippen LogP contribution in [0.4, 0.5) is 5.69 Å². The first-order valence-electron chi connectivity index (χ1n) is 10.4. The van der Waals surface area contributed by atoms with Crippen molar-refractivity contribution in [1.82, 2.24) is 19.9 Å². The van der Waals surface area contributed by atoms with Gasteiger partial charge in [0.05, 0.1) is 13.1 Å². The van der Waals surface area contributed by atoms with E-state index < -0.39 is 0 Å². The number of benzene rings is 2. The minimum absolute atomic E-state index is 0.00921. The van der Waals surface area contributed by atoms with Crippen molar-refractivity contribution in [3.63, 3.8) is 0 Å². The van der Waals surface area contributed by atoms with Crippen LogP contribution in [-0.4, -0.2) is 58.6 Å². The third kappa shape index (κ3) is 5.58. The Labute approximate surface area is 190 Å². The van der Waals surface area contributed by atoms with Gasteiger partial charge in [0, 0.05) is 41.9 Å². The van der Waals surface area contributed by atoms with E-state index in [1.807, 2.05) is 56.3 Å². The molecule has 1 aromatic heterocycles. The molecule has 3 aromatic rings. The first-order chi connectivity index (χ1) is 15.0. The molecule has 1 N–H and O–H groups in total. The summed E-state index contributed by atoms with van der Waals surface area (Å²) in [6, 6.07) is 13.8. The maximum Gasteiger partial charge on any atom is 0.241 e. The number of carbonyl (C=O) groups excluding carboxylic acids is 1. The van der Waals surface area contributed by atoms with Gasteiger partial charge in [-0.1, -0.05) is 45.4 Å². The van der Waals surface area contributed by atoms with Crippen molar-refractivity contribution in [3.05, 3.63) is 64.0 Å². The van der Waals surface area contributed by atoms with E-state index in [4.69, 9.17) is 4.52 Å². The molecule has 1 saturated heterocycles. The lowest BCUT2D eigenvalue weighted by atomic mass is 10.1. The molecule has 162 valence electrons. The van der Waals surface area contributed by atoms with Crippen molar-refractivity contribution in [1.29, 1.82) is 0 Å². The second-order valence-corrected chi connectivity index (χ2v) is 8.75. The largest absolute Gasteiger partial charge is 0.338 e. The highest BCUT2D eigenvalue weighted by molar-refractivity contribution is 9.10. The Balaban J connectivity index is 1.25. The number of hydrogen-bond acceptors (Lipinski definition) is 6. The van der Waals surface area contributed by atoms with Crippen molar-refractivity contribution in [2.24, 2.45) is 0 Å². The van der Waals surface area contributed by atoms with E-state index >= 15 is 0 Å². The van der Waals surface area contributed by atoms with Crippen LogP contribution in [0.15, 0.2) is 51.5 Å². The highest BCUT2D eigenvalue weighted by atomic mass is 79.9. The molecule has 2 aromatic carbocycles.